The van der Waals surface area contributed by atoms with Gasteiger partial charge in [0, 0.05) is 45.4 Å². The van der Waals surface area contributed by atoms with E-state index in [-0.39, 0.29) is 6.10 Å². The number of hydrogen-bond donors (Lipinski definition) is 1. The molecule has 0 aromatic rings. The van der Waals surface area contributed by atoms with Gasteiger partial charge in [-0.3, -0.25) is 4.90 Å². The predicted molar refractivity (Wildman–Crippen MR) is 76.6 cm³/mol. The number of morpholine rings is 1. The van der Waals surface area contributed by atoms with Crippen molar-refractivity contribution in [2.75, 3.05) is 59.2 Å². The molecule has 1 N–H and O–H groups in total. The summed E-state index contributed by atoms with van der Waals surface area (Å²) in [4.78, 5) is 2.41. The standard InChI is InChI=1S/C14H30N2O3/c1-4-17-10-7-16(8-11-18-5-2)13(3)14-12-15-6-9-19-14/h13-15H,4-12H2,1-3H3. The van der Waals surface area contributed by atoms with Crippen molar-refractivity contribution in [1.29, 1.82) is 0 Å². The lowest BCUT2D eigenvalue weighted by atomic mass is 10.1. The van der Waals surface area contributed by atoms with Crippen LogP contribution in [0.1, 0.15) is 20.8 Å². The molecule has 1 heterocycles. The molecule has 1 aliphatic rings. The molecule has 0 aromatic carbocycles. The highest BCUT2D eigenvalue weighted by Gasteiger charge is 2.25. The first-order valence-corrected chi connectivity index (χ1v) is 7.51. The largest absolute Gasteiger partial charge is 0.380 e. The maximum Gasteiger partial charge on any atom is 0.0852 e. The SMILES string of the molecule is CCOCCN(CCOCC)C(C)C1CNCCO1. The average Bonchev–Trinajstić information content (AvgIpc) is 2.46. The van der Waals surface area contributed by atoms with Crippen molar-refractivity contribution < 1.29 is 14.2 Å². The minimum Gasteiger partial charge on any atom is -0.380 e. The van der Waals surface area contributed by atoms with E-state index in [1.807, 2.05) is 13.8 Å². The number of ether oxygens (including phenoxy) is 3. The Morgan fingerprint density at radius 1 is 1.21 bits per heavy atom. The van der Waals surface area contributed by atoms with Crippen LogP contribution >= 0.6 is 0 Å². The normalized spacial score (nSPS) is 21.8. The molecule has 1 fully saturated rings. The van der Waals surface area contributed by atoms with Crippen LogP contribution in [-0.4, -0.2) is 76.3 Å². The Kier molecular flexibility index (Phi) is 9.38. The third-order valence-corrected chi connectivity index (χ3v) is 3.52. The molecular formula is C14H30N2O3. The summed E-state index contributed by atoms with van der Waals surface area (Å²) in [5.74, 6) is 0. The van der Waals surface area contributed by atoms with E-state index in [1.54, 1.807) is 0 Å². The quantitative estimate of drug-likeness (QED) is 0.595. The van der Waals surface area contributed by atoms with Gasteiger partial charge < -0.3 is 19.5 Å². The summed E-state index contributed by atoms with van der Waals surface area (Å²) in [5, 5.41) is 3.39. The number of hydrogen-bond acceptors (Lipinski definition) is 5. The summed E-state index contributed by atoms with van der Waals surface area (Å²) in [6, 6.07) is 0.383. The van der Waals surface area contributed by atoms with E-state index in [0.29, 0.717) is 6.04 Å². The number of nitrogens with one attached hydrogen (secondary N) is 1. The second-order valence-corrected chi connectivity index (χ2v) is 4.78. The van der Waals surface area contributed by atoms with Crippen molar-refractivity contribution in [3.8, 4) is 0 Å². The van der Waals surface area contributed by atoms with Crippen LogP contribution < -0.4 is 5.32 Å². The van der Waals surface area contributed by atoms with Gasteiger partial charge in [0.25, 0.3) is 0 Å². The zero-order chi connectivity index (χ0) is 13.9. The van der Waals surface area contributed by atoms with E-state index in [4.69, 9.17) is 14.2 Å². The van der Waals surface area contributed by atoms with Crippen molar-refractivity contribution >= 4 is 0 Å². The van der Waals surface area contributed by atoms with Crippen LogP contribution in [0.5, 0.6) is 0 Å². The van der Waals surface area contributed by atoms with Gasteiger partial charge in [0.2, 0.25) is 0 Å². The molecular weight excluding hydrogens is 244 g/mol. The lowest BCUT2D eigenvalue weighted by Gasteiger charge is -2.36. The molecule has 0 saturated carbocycles. The smallest absolute Gasteiger partial charge is 0.0852 e. The Balaban J connectivity index is 2.39. The van der Waals surface area contributed by atoms with Gasteiger partial charge in [0.05, 0.1) is 25.9 Å². The van der Waals surface area contributed by atoms with Crippen LogP contribution in [-0.2, 0) is 14.2 Å². The Bertz CT molecular complexity index is 201. The minimum absolute atomic E-state index is 0.261. The monoisotopic (exact) mass is 274 g/mol. The van der Waals surface area contributed by atoms with Gasteiger partial charge in [-0.25, -0.2) is 0 Å². The molecule has 0 spiro atoms. The van der Waals surface area contributed by atoms with Crippen molar-refractivity contribution in [3.05, 3.63) is 0 Å². The van der Waals surface area contributed by atoms with E-state index >= 15 is 0 Å². The molecule has 0 amide bonds. The van der Waals surface area contributed by atoms with Gasteiger partial charge in [-0.1, -0.05) is 0 Å². The molecule has 0 aromatic heterocycles. The summed E-state index contributed by atoms with van der Waals surface area (Å²) in [5.41, 5.74) is 0. The maximum absolute atomic E-state index is 5.85. The lowest BCUT2D eigenvalue weighted by Crippen LogP contribution is -2.52. The zero-order valence-electron chi connectivity index (χ0n) is 12.7. The van der Waals surface area contributed by atoms with Crippen LogP contribution in [0.15, 0.2) is 0 Å². The minimum atomic E-state index is 0.261. The van der Waals surface area contributed by atoms with Crippen LogP contribution in [0.3, 0.4) is 0 Å². The van der Waals surface area contributed by atoms with Crippen molar-refractivity contribution in [3.63, 3.8) is 0 Å². The first-order valence-electron chi connectivity index (χ1n) is 7.51. The van der Waals surface area contributed by atoms with Gasteiger partial charge in [-0.05, 0) is 20.8 Å². The van der Waals surface area contributed by atoms with Gasteiger partial charge >= 0.3 is 0 Å². The van der Waals surface area contributed by atoms with E-state index in [9.17, 15) is 0 Å². The van der Waals surface area contributed by atoms with Crippen molar-refractivity contribution in [2.45, 2.75) is 32.9 Å². The van der Waals surface area contributed by atoms with Crippen LogP contribution in [0.4, 0.5) is 0 Å². The molecule has 1 saturated heterocycles. The fourth-order valence-electron chi connectivity index (χ4n) is 2.30. The van der Waals surface area contributed by atoms with Gasteiger partial charge in [-0.2, -0.15) is 0 Å². The molecule has 0 bridgehead atoms. The second kappa shape index (κ2) is 10.6. The fraction of sp³-hybridized carbons (Fsp3) is 1.00. The Hall–Kier alpha value is -0.200. The van der Waals surface area contributed by atoms with Crippen LogP contribution in [0, 0.1) is 0 Å². The lowest BCUT2D eigenvalue weighted by molar-refractivity contribution is -0.0377. The molecule has 0 radical (unpaired) electrons. The molecule has 0 aliphatic carbocycles. The van der Waals surface area contributed by atoms with E-state index < -0.39 is 0 Å². The fourth-order valence-corrected chi connectivity index (χ4v) is 2.30. The number of rotatable bonds is 10. The third-order valence-electron chi connectivity index (χ3n) is 3.52. The van der Waals surface area contributed by atoms with Crippen LogP contribution in [0.25, 0.3) is 0 Å². The first-order chi connectivity index (χ1) is 9.29. The summed E-state index contributed by atoms with van der Waals surface area (Å²) < 4.78 is 16.8. The maximum atomic E-state index is 5.85. The molecule has 2 unspecified atom stereocenters. The highest BCUT2D eigenvalue weighted by Crippen LogP contribution is 2.10. The molecule has 2 atom stereocenters. The topological polar surface area (TPSA) is 43.0 Å². The van der Waals surface area contributed by atoms with Crippen molar-refractivity contribution in [2.24, 2.45) is 0 Å². The molecule has 19 heavy (non-hydrogen) atoms. The zero-order valence-corrected chi connectivity index (χ0v) is 12.7. The highest BCUT2D eigenvalue weighted by molar-refractivity contribution is 4.80. The molecule has 5 heteroatoms. The number of nitrogens with zero attached hydrogens (tertiary/aromatic N) is 1. The first kappa shape index (κ1) is 16.9. The van der Waals surface area contributed by atoms with E-state index in [1.165, 1.54) is 0 Å². The average molecular weight is 274 g/mol. The van der Waals surface area contributed by atoms with E-state index in [2.05, 4.69) is 17.1 Å². The second-order valence-electron chi connectivity index (χ2n) is 4.78. The predicted octanol–water partition coefficient (Wildman–Crippen LogP) is 0.738. The van der Waals surface area contributed by atoms with Gasteiger partial charge in [0.1, 0.15) is 0 Å². The molecule has 1 rings (SSSR count). The summed E-state index contributed by atoms with van der Waals surface area (Å²) in [6.07, 6.45) is 0.261. The third kappa shape index (κ3) is 6.68. The van der Waals surface area contributed by atoms with Gasteiger partial charge in [-0.15, -0.1) is 0 Å². The summed E-state index contributed by atoms with van der Waals surface area (Å²) in [6.45, 7) is 13.9. The Morgan fingerprint density at radius 2 is 1.84 bits per heavy atom. The van der Waals surface area contributed by atoms with Crippen LogP contribution in [0.2, 0.25) is 0 Å². The van der Waals surface area contributed by atoms with E-state index in [0.717, 1.165) is 59.2 Å². The molecule has 114 valence electrons. The summed E-state index contributed by atoms with van der Waals surface area (Å²) >= 11 is 0. The summed E-state index contributed by atoms with van der Waals surface area (Å²) in [7, 11) is 0. The highest BCUT2D eigenvalue weighted by atomic mass is 16.5. The van der Waals surface area contributed by atoms with Gasteiger partial charge in [0.15, 0.2) is 0 Å². The molecule has 1 aliphatic heterocycles. The Labute approximate surface area is 117 Å². The Morgan fingerprint density at radius 3 is 2.32 bits per heavy atom. The van der Waals surface area contributed by atoms with Crippen molar-refractivity contribution in [1.82, 2.24) is 10.2 Å². The molecule has 5 nitrogen and oxygen atoms in total.